The monoisotopic (exact) mass is 335 g/mol. The Balaban J connectivity index is 1.64. The average molecular weight is 335 g/mol. The van der Waals surface area contributed by atoms with Gasteiger partial charge in [0.15, 0.2) is 0 Å². The molecule has 1 aromatic rings. The Morgan fingerprint density at radius 2 is 2.21 bits per heavy atom. The largest absolute Gasteiger partial charge is 0.342 e. The highest BCUT2D eigenvalue weighted by molar-refractivity contribution is 5.96. The van der Waals surface area contributed by atoms with Gasteiger partial charge in [0.05, 0.1) is 19.2 Å². The van der Waals surface area contributed by atoms with Crippen LogP contribution in [0.3, 0.4) is 0 Å². The highest BCUT2D eigenvalue weighted by atomic mass is 19.3. The van der Waals surface area contributed by atoms with Crippen LogP contribution in [-0.4, -0.2) is 51.7 Å². The van der Waals surface area contributed by atoms with Crippen LogP contribution < -0.4 is 5.32 Å². The number of aryl methyl sites for hydroxylation is 1. The number of fused-ring (bicyclic) bond motifs is 1. The SMILES string of the molecule is N#C[C@@H]1CC(F)(F)CN1C(=O)CNC(=O)c1ncnc2c1CCC2. The number of likely N-dealkylation sites (tertiary alicyclic amines) is 1. The van der Waals surface area contributed by atoms with Crippen LogP contribution in [0.15, 0.2) is 6.33 Å². The highest BCUT2D eigenvalue weighted by Crippen LogP contribution is 2.31. The second kappa shape index (κ2) is 6.11. The molecule has 24 heavy (non-hydrogen) atoms. The molecule has 1 aliphatic carbocycles. The Hall–Kier alpha value is -2.63. The van der Waals surface area contributed by atoms with Crippen LogP contribution in [0.4, 0.5) is 8.78 Å². The topological polar surface area (TPSA) is 99.0 Å². The van der Waals surface area contributed by atoms with Gasteiger partial charge in [0.25, 0.3) is 11.8 Å². The van der Waals surface area contributed by atoms with Crippen molar-refractivity contribution < 1.29 is 18.4 Å². The van der Waals surface area contributed by atoms with Gasteiger partial charge in [-0.2, -0.15) is 5.26 Å². The lowest BCUT2D eigenvalue weighted by atomic mass is 10.1. The number of hydrogen-bond donors (Lipinski definition) is 1. The number of alkyl halides is 2. The summed E-state index contributed by atoms with van der Waals surface area (Å²) in [5.41, 5.74) is 1.81. The molecule has 1 aliphatic heterocycles. The molecule has 3 rings (SSSR count). The summed E-state index contributed by atoms with van der Waals surface area (Å²) in [7, 11) is 0. The molecule has 2 heterocycles. The Bertz CT molecular complexity index is 731. The van der Waals surface area contributed by atoms with Gasteiger partial charge in [-0.25, -0.2) is 18.7 Å². The van der Waals surface area contributed by atoms with Crippen LogP contribution in [0.1, 0.15) is 34.6 Å². The van der Waals surface area contributed by atoms with Crippen molar-refractivity contribution in [3.63, 3.8) is 0 Å². The van der Waals surface area contributed by atoms with E-state index in [2.05, 4.69) is 15.3 Å². The Morgan fingerprint density at radius 3 is 2.96 bits per heavy atom. The van der Waals surface area contributed by atoms with Crippen LogP contribution in [-0.2, 0) is 17.6 Å². The van der Waals surface area contributed by atoms with Gasteiger partial charge in [0, 0.05) is 17.7 Å². The normalized spacial score (nSPS) is 21.2. The average Bonchev–Trinajstić information content (AvgIpc) is 3.15. The first-order chi connectivity index (χ1) is 11.4. The lowest BCUT2D eigenvalue weighted by Crippen LogP contribution is -2.43. The molecule has 0 aromatic carbocycles. The number of nitrogens with zero attached hydrogens (tertiary/aromatic N) is 4. The molecule has 1 N–H and O–H groups in total. The molecule has 1 aromatic heterocycles. The standard InChI is InChI=1S/C15H15F2N5O2/c16-15(17)4-9(5-18)22(7-15)12(23)6-19-14(24)13-10-2-1-3-11(10)20-8-21-13/h8-9H,1-4,6-7H2,(H,19,24)/t9-/m0/s1. The van der Waals surface area contributed by atoms with Crippen LogP contribution in [0.5, 0.6) is 0 Å². The molecule has 7 nitrogen and oxygen atoms in total. The van der Waals surface area contributed by atoms with Gasteiger partial charge in [-0.15, -0.1) is 0 Å². The number of hydrogen-bond acceptors (Lipinski definition) is 5. The predicted molar refractivity (Wildman–Crippen MR) is 77.1 cm³/mol. The van der Waals surface area contributed by atoms with E-state index in [0.29, 0.717) is 6.42 Å². The molecule has 0 spiro atoms. The van der Waals surface area contributed by atoms with Crippen molar-refractivity contribution in [3.8, 4) is 6.07 Å². The third-order valence-corrected chi connectivity index (χ3v) is 4.23. The summed E-state index contributed by atoms with van der Waals surface area (Å²) >= 11 is 0. The number of aromatic nitrogens is 2. The van der Waals surface area contributed by atoms with Crippen LogP contribution in [0.25, 0.3) is 0 Å². The fourth-order valence-corrected chi connectivity index (χ4v) is 3.09. The van der Waals surface area contributed by atoms with Crippen molar-refractivity contribution in [2.75, 3.05) is 13.1 Å². The fourth-order valence-electron chi connectivity index (χ4n) is 3.09. The van der Waals surface area contributed by atoms with E-state index >= 15 is 0 Å². The lowest BCUT2D eigenvalue weighted by Gasteiger charge is -2.19. The molecule has 0 radical (unpaired) electrons. The Kier molecular flexibility index (Phi) is 4.13. The molecule has 9 heteroatoms. The van der Waals surface area contributed by atoms with E-state index in [9.17, 15) is 18.4 Å². The summed E-state index contributed by atoms with van der Waals surface area (Å²) in [6.45, 7) is -1.26. The van der Waals surface area contributed by atoms with Gasteiger partial charge in [-0.1, -0.05) is 0 Å². The molecule has 1 saturated heterocycles. The first-order valence-electron chi connectivity index (χ1n) is 7.59. The number of carbonyl (C=O) groups excluding carboxylic acids is 2. The van der Waals surface area contributed by atoms with Crippen molar-refractivity contribution in [2.45, 2.75) is 37.6 Å². The molecule has 0 unspecified atom stereocenters. The molecule has 0 bridgehead atoms. The van der Waals surface area contributed by atoms with Crippen molar-refractivity contribution in [1.82, 2.24) is 20.2 Å². The second-order valence-electron chi connectivity index (χ2n) is 5.91. The van der Waals surface area contributed by atoms with Crippen molar-refractivity contribution in [2.24, 2.45) is 0 Å². The van der Waals surface area contributed by atoms with E-state index < -0.39 is 43.3 Å². The molecule has 1 atom stereocenters. The predicted octanol–water partition coefficient (Wildman–Crippen LogP) is 0.455. The summed E-state index contributed by atoms with van der Waals surface area (Å²) < 4.78 is 26.7. The van der Waals surface area contributed by atoms with Crippen molar-refractivity contribution in [1.29, 1.82) is 5.26 Å². The Labute approximate surface area is 136 Å². The third kappa shape index (κ3) is 3.04. The zero-order chi connectivity index (χ0) is 17.3. The van der Waals surface area contributed by atoms with Gasteiger partial charge in [-0.05, 0) is 19.3 Å². The number of amides is 2. The zero-order valence-electron chi connectivity index (χ0n) is 12.8. The number of rotatable bonds is 3. The maximum Gasteiger partial charge on any atom is 0.270 e. The molecule has 2 amide bonds. The minimum atomic E-state index is -3.08. The number of nitriles is 1. The first kappa shape index (κ1) is 16.2. The summed E-state index contributed by atoms with van der Waals surface area (Å²) in [6.07, 6.45) is 2.99. The van der Waals surface area contributed by atoms with E-state index in [1.54, 1.807) is 6.07 Å². The highest BCUT2D eigenvalue weighted by Gasteiger charge is 2.47. The van der Waals surface area contributed by atoms with Gasteiger partial charge in [0.2, 0.25) is 5.91 Å². The zero-order valence-corrected chi connectivity index (χ0v) is 12.8. The molecule has 126 valence electrons. The minimum absolute atomic E-state index is 0.217. The smallest absolute Gasteiger partial charge is 0.270 e. The summed E-state index contributed by atoms with van der Waals surface area (Å²) in [5.74, 6) is -4.32. The molecular formula is C15H15F2N5O2. The van der Waals surface area contributed by atoms with Crippen LogP contribution >= 0.6 is 0 Å². The van der Waals surface area contributed by atoms with E-state index in [1.807, 2.05) is 0 Å². The summed E-state index contributed by atoms with van der Waals surface area (Å²) in [5, 5.41) is 11.3. The number of carbonyl (C=O) groups is 2. The lowest BCUT2D eigenvalue weighted by molar-refractivity contribution is -0.131. The van der Waals surface area contributed by atoms with Crippen LogP contribution in [0.2, 0.25) is 0 Å². The Morgan fingerprint density at radius 1 is 1.42 bits per heavy atom. The molecule has 1 fully saturated rings. The quantitative estimate of drug-likeness (QED) is 0.865. The molecular weight excluding hydrogens is 320 g/mol. The fraction of sp³-hybridized carbons (Fsp3) is 0.533. The maximum absolute atomic E-state index is 13.4. The van der Waals surface area contributed by atoms with Gasteiger partial charge in [-0.3, -0.25) is 9.59 Å². The van der Waals surface area contributed by atoms with E-state index in [1.165, 1.54) is 6.33 Å². The third-order valence-electron chi connectivity index (χ3n) is 4.23. The molecule has 2 aliphatic rings. The number of nitrogens with one attached hydrogen (secondary N) is 1. The van der Waals surface area contributed by atoms with E-state index in [0.717, 1.165) is 29.0 Å². The summed E-state index contributed by atoms with van der Waals surface area (Å²) in [6, 6.07) is 0.522. The van der Waals surface area contributed by atoms with Crippen LogP contribution in [0, 0.1) is 11.3 Å². The van der Waals surface area contributed by atoms with Gasteiger partial charge < -0.3 is 10.2 Å². The van der Waals surface area contributed by atoms with Crippen molar-refractivity contribution in [3.05, 3.63) is 23.3 Å². The summed E-state index contributed by atoms with van der Waals surface area (Å²) in [4.78, 5) is 33.2. The molecule has 0 saturated carbocycles. The van der Waals surface area contributed by atoms with Crippen molar-refractivity contribution >= 4 is 11.8 Å². The first-order valence-corrected chi connectivity index (χ1v) is 7.59. The van der Waals surface area contributed by atoms with Gasteiger partial charge >= 0.3 is 0 Å². The maximum atomic E-state index is 13.4. The number of halogens is 2. The minimum Gasteiger partial charge on any atom is -0.342 e. The van der Waals surface area contributed by atoms with Gasteiger partial charge in [0.1, 0.15) is 18.1 Å². The van der Waals surface area contributed by atoms with E-state index in [4.69, 9.17) is 5.26 Å². The van der Waals surface area contributed by atoms with E-state index in [-0.39, 0.29) is 5.69 Å². The second-order valence-corrected chi connectivity index (χ2v) is 5.91.